The summed E-state index contributed by atoms with van der Waals surface area (Å²) in [7, 11) is 0. The second-order valence-electron chi connectivity index (χ2n) is 13.5. The predicted octanol–water partition coefficient (Wildman–Crippen LogP) is 4.16. The number of hydrogen-bond donors (Lipinski definition) is 1. The van der Waals surface area contributed by atoms with Crippen molar-refractivity contribution in [3.05, 3.63) is 47.4 Å². The van der Waals surface area contributed by atoms with Crippen molar-refractivity contribution >= 4 is 11.9 Å². The molecule has 5 fully saturated rings. The third kappa shape index (κ3) is 6.50. The van der Waals surface area contributed by atoms with Crippen LogP contribution < -0.4 is 14.8 Å². The number of carbonyl (C=O) groups is 2. The maximum atomic E-state index is 14.1. The molecule has 3 amide bonds. The summed E-state index contributed by atoms with van der Waals surface area (Å²) in [6.07, 6.45) is 7.17. The fraction of sp³-hybridized carbons (Fsp3) is 0.636. The number of rotatable bonds is 10. The van der Waals surface area contributed by atoms with Crippen LogP contribution in [0.5, 0.6) is 11.5 Å². The molecule has 3 heterocycles. The Morgan fingerprint density at radius 3 is 2.35 bits per heavy atom. The van der Waals surface area contributed by atoms with E-state index in [1.165, 1.54) is 19.3 Å². The number of amides is 3. The van der Waals surface area contributed by atoms with Gasteiger partial charge in [0.1, 0.15) is 18.1 Å². The number of fused-ring (bicyclic) bond motifs is 1. The molecule has 6 aliphatic rings. The summed E-state index contributed by atoms with van der Waals surface area (Å²) in [5, 5.41) is 3.51. The average molecular weight is 593 g/mol. The van der Waals surface area contributed by atoms with Crippen LogP contribution in [0.15, 0.2) is 34.7 Å². The van der Waals surface area contributed by atoms with E-state index < -0.39 is 0 Å². The van der Waals surface area contributed by atoms with Gasteiger partial charge in [-0.3, -0.25) is 9.69 Å². The molecule has 1 N–H and O–H groups in total. The Kier molecular flexibility index (Phi) is 7.98. The Bertz CT molecular complexity index is 1280. The summed E-state index contributed by atoms with van der Waals surface area (Å²) >= 11 is 0. The topological polar surface area (TPSA) is 96.7 Å². The maximum absolute atomic E-state index is 14.1. The SMILES string of the molecule is Cc1ccc(CN(Cc2ccc3c(c2)OCO3)C(=O)CN(CCN2CCOCC2)C(=O)NC23CC4CC(CC(C4)C2)C3)o1. The molecule has 2 aromatic rings. The van der Waals surface area contributed by atoms with E-state index in [4.69, 9.17) is 18.6 Å². The number of carbonyl (C=O) groups excluding carboxylic acids is 2. The summed E-state index contributed by atoms with van der Waals surface area (Å²) in [5.41, 5.74) is 0.808. The third-order valence-corrected chi connectivity index (χ3v) is 10.1. The van der Waals surface area contributed by atoms with Gasteiger partial charge in [0.15, 0.2) is 11.5 Å². The lowest BCUT2D eigenvalue weighted by molar-refractivity contribution is -0.133. The summed E-state index contributed by atoms with van der Waals surface area (Å²) in [6, 6.07) is 9.46. The normalized spacial score (nSPS) is 27.3. The zero-order valence-corrected chi connectivity index (χ0v) is 25.2. The number of benzene rings is 1. The summed E-state index contributed by atoms with van der Waals surface area (Å²) in [4.78, 5) is 34.0. The van der Waals surface area contributed by atoms with Gasteiger partial charge >= 0.3 is 6.03 Å². The van der Waals surface area contributed by atoms with E-state index in [0.717, 1.165) is 61.4 Å². The van der Waals surface area contributed by atoms with Crippen LogP contribution in [0.4, 0.5) is 4.79 Å². The molecule has 1 aromatic heterocycles. The molecule has 4 bridgehead atoms. The number of furan rings is 1. The van der Waals surface area contributed by atoms with E-state index in [1.54, 1.807) is 9.80 Å². The monoisotopic (exact) mass is 592 g/mol. The van der Waals surface area contributed by atoms with E-state index >= 15 is 0 Å². The van der Waals surface area contributed by atoms with Crippen LogP contribution >= 0.6 is 0 Å². The lowest BCUT2D eigenvalue weighted by Gasteiger charge is -2.57. The zero-order chi connectivity index (χ0) is 29.4. The van der Waals surface area contributed by atoms with Gasteiger partial charge in [-0.1, -0.05) is 6.07 Å². The van der Waals surface area contributed by atoms with Crippen molar-refractivity contribution in [3.8, 4) is 11.5 Å². The molecule has 10 heteroatoms. The van der Waals surface area contributed by atoms with Crippen LogP contribution in [0.25, 0.3) is 0 Å². The first-order valence-electron chi connectivity index (χ1n) is 16.0. The van der Waals surface area contributed by atoms with Crippen LogP contribution in [0.2, 0.25) is 0 Å². The largest absolute Gasteiger partial charge is 0.464 e. The molecule has 1 saturated heterocycles. The number of hydrogen-bond acceptors (Lipinski definition) is 7. The molecule has 0 atom stereocenters. The second-order valence-corrected chi connectivity index (χ2v) is 13.5. The Hall–Kier alpha value is -3.24. The minimum Gasteiger partial charge on any atom is -0.464 e. The number of urea groups is 1. The molecule has 0 radical (unpaired) electrons. The van der Waals surface area contributed by atoms with Crippen LogP contribution in [0.1, 0.15) is 55.6 Å². The van der Waals surface area contributed by atoms with Gasteiger partial charge < -0.3 is 33.7 Å². The first-order chi connectivity index (χ1) is 20.9. The molecule has 232 valence electrons. The van der Waals surface area contributed by atoms with Gasteiger partial charge in [0.05, 0.1) is 19.8 Å². The van der Waals surface area contributed by atoms with E-state index in [9.17, 15) is 9.59 Å². The van der Waals surface area contributed by atoms with Crippen LogP contribution in [0.3, 0.4) is 0 Å². The molecule has 4 saturated carbocycles. The van der Waals surface area contributed by atoms with Crippen molar-refractivity contribution in [2.45, 2.75) is 64.1 Å². The highest BCUT2D eigenvalue weighted by atomic mass is 16.7. The zero-order valence-electron chi connectivity index (χ0n) is 25.2. The minimum absolute atomic E-state index is 0.00673. The van der Waals surface area contributed by atoms with Crippen molar-refractivity contribution in [1.82, 2.24) is 20.0 Å². The van der Waals surface area contributed by atoms with E-state index in [1.807, 2.05) is 37.3 Å². The van der Waals surface area contributed by atoms with Gasteiger partial charge in [-0.05, 0) is 93.0 Å². The molecule has 1 aromatic carbocycles. The van der Waals surface area contributed by atoms with Crippen LogP contribution in [0, 0.1) is 24.7 Å². The molecule has 0 unspecified atom stereocenters. The smallest absolute Gasteiger partial charge is 0.318 e. The Balaban J connectivity index is 1.09. The average Bonchev–Trinajstić information content (AvgIpc) is 3.62. The molecule has 0 spiro atoms. The number of morpholine rings is 1. The van der Waals surface area contributed by atoms with Gasteiger partial charge in [-0.15, -0.1) is 0 Å². The second kappa shape index (κ2) is 12.0. The molecule has 43 heavy (non-hydrogen) atoms. The lowest BCUT2D eigenvalue weighted by Crippen LogP contribution is -2.62. The van der Waals surface area contributed by atoms with Crippen molar-refractivity contribution in [3.63, 3.8) is 0 Å². The Labute approximate surface area is 253 Å². The van der Waals surface area contributed by atoms with E-state index in [-0.39, 0.29) is 30.8 Å². The van der Waals surface area contributed by atoms with E-state index in [0.29, 0.717) is 56.7 Å². The van der Waals surface area contributed by atoms with Crippen LogP contribution in [-0.4, -0.2) is 84.9 Å². The highest BCUT2D eigenvalue weighted by Gasteiger charge is 2.52. The maximum Gasteiger partial charge on any atom is 0.318 e. The first kappa shape index (κ1) is 28.5. The van der Waals surface area contributed by atoms with Gasteiger partial charge in [0, 0.05) is 38.3 Å². The standard InChI is InChI=1S/C33H44N4O6/c1-23-2-4-28(43-23)20-37(19-24-3-5-29-30(15-24)42-22-41-29)31(38)21-36(7-6-35-8-10-40-11-9-35)32(39)34-33-16-25-12-26(17-33)14-27(13-25)18-33/h2-5,15,25-27H,6-14,16-22H2,1H3,(H,34,39). The lowest BCUT2D eigenvalue weighted by atomic mass is 9.53. The molecule has 4 aliphatic carbocycles. The van der Waals surface area contributed by atoms with Crippen molar-refractivity contribution in [2.75, 3.05) is 52.7 Å². The number of nitrogens with one attached hydrogen (secondary N) is 1. The van der Waals surface area contributed by atoms with Crippen molar-refractivity contribution < 1.29 is 28.2 Å². The highest BCUT2D eigenvalue weighted by Crippen LogP contribution is 2.55. The van der Waals surface area contributed by atoms with Gasteiger partial charge in [-0.25, -0.2) is 4.79 Å². The van der Waals surface area contributed by atoms with Gasteiger partial charge in [0.25, 0.3) is 0 Å². The summed E-state index contributed by atoms with van der Waals surface area (Å²) in [6.45, 7) is 7.06. The quantitative estimate of drug-likeness (QED) is 0.443. The fourth-order valence-electron chi connectivity index (χ4n) is 8.42. The fourth-order valence-corrected chi connectivity index (χ4v) is 8.42. The minimum atomic E-state index is -0.121. The third-order valence-electron chi connectivity index (χ3n) is 10.1. The highest BCUT2D eigenvalue weighted by molar-refractivity contribution is 5.84. The molecule has 8 rings (SSSR count). The summed E-state index contributed by atoms with van der Waals surface area (Å²) in [5.74, 6) is 4.96. The van der Waals surface area contributed by atoms with E-state index in [2.05, 4.69) is 10.2 Å². The van der Waals surface area contributed by atoms with Crippen molar-refractivity contribution in [2.24, 2.45) is 17.8 Å². The van der Waals surface area contributed by atoms with Gasteiger partial charge in [-0.2, -0.15) is 0 Å². The molecular weight excluding hydrogens is 548 g/mol. The molecule has 2 aliphatic heterocycles. The summed E-state index contributed by atoms with van der Waals surface area (Å²) < 4.78 is 22.5. The predicted molar refractivity (Wildman–Crippen MR) is 159 cm³/mol. The first-order valence-corrected chi connectivity index (χ1v) is 16.0. The number of nitrogens with zero attached hydrogens (tertiary/aromatic N) is 3. The Morgan fingerprint density at radius 2 is 1.65 bits per heavy atom. The molecule has 10 nitrogen and oxygen atoms in total. The van der Waals surface area contributed by atoms with Crippen molar-refractivity contribution in [1.29, 1.82) is 0 Å². The van der Waals surface area contributed by atoms with Gasteiger partial charge in [0.2, 0.25) is 12.7 Å². The van der Waals surface area contributed by atoms with Crippen LogP contribution in [-0.2, 0) is 22.6 Å². The molecular formula is C33H44N4O6. The Morgan fingerprint density at radius 1 is 0.930 bits per heavy atom. The number of aryl methyl sites for hydroxylation is 1. The number of ether oxygens (including phenoxy) is 3.